The highest BCUT2D eigenvalue weighted by atomic mass is 16.1. The second-order valence-corrected chi connectivity index (χ2v) is 5.10. The first-order valence-corrected chi connectivity index (χ1v) is 6.13. The van der Waals surface area contributed by atoms with Crippen LogP contribution < -0.4 is 10.2 Å². The van der Waals surface area contributed by atoms with Crippen LogP contribution in [0.15, 0.2) is 24.3 Å². The van der Waals surface area contributed by atoms with Gasteiger partial charge in [0.25, 0.3) is 5.91 Å². The molecule has 94 valence electrons. The van der Waals surface area contributed by atoms with Gasteiger partial charge in [-0.2, -0.15) is 0 Å². The van der Waals surface area contributed by atoms with Gasteiger partial charge in [-0.15, -0.1) is 0 Å². The van der Waals surface area contributed by atoms with Gasteiger partial charge in [0.05, 0.1) is 20.6 Å². The van der Waals surface area contributed by atoms with Crippen molar-refractivity contribution in [2.75, 3.05) is 27.2 Å². The Morgan fingerprint density at radius 3 is 2.71 bits per heavy atom. The third kappa shape index (κ3) is 5.00. The van der Waals surface area contributed by atoms with Crippen LogP contribution in [0.3, 0.4) is 0 Å². The third-order valence-electron chi connectivity index (χ3n) is 2.65. The Morgan fingerprint density at radius 1 is 1.41 bits per heavy atom. The Labute approximate surface area is 104 Å². The molecular weight excluding hydrogens is 212 g/mol. The summed E-state index contributed by atoms with van der Waals surface area (Å²) in [4.78, 5) is 13.3. The summed E-state index contributed by atoms with van der Waals surface area (Å²) in [6.07, 6.45) is 0. The zero-order valence-electron chi connectivity index (χ0n) is 11.2. The van der Waals surface area contributed by atoms with Gasteiger partial charge in [-0.3, -0.25) is 4.79 Å². The molecule has 0 spiro atoms. The fourth-order valence-electron chi connectivity index (χ4n) is 1.92. The lowest BCUT2D eigenvalue weighted by Gasteiger charge is -2.15. The van der Waals surface area contributed by atoms with E-state index in [1.807, 2.05) is 31.2 Å². The highest BCUT2D eigenvalue weighted by molar-refractivity contribution is 5.94. The van der Waals surface area contributed by atoms with Crippen molar-refractivity contribution in [3.05, 3.63) is 35.4 Å². The first-order valence-electron chi connectivity index (χ1n) is 6.13. The van der Waals surface area contributed by atoms with Gasteiger partial charge in [0, 0.05) is 18.0 Å². The fraction of sp³-hybridized carbons (Fsp3) is 0.500. The number of carbonyl (C=O) groups excluding carboxylic acids is 1. The van der Waals surface area contributed by atoms with E-state index in [0.29, 0.717) is 5.92 Å². The highest BCUT2D eigenvalue weighted by Gasteiger charge is 2.09. The van der Waals surface area contributed by atoms with Crippen LogP contribution in [-0.2, 0) is 0 Å². The van der Waals surface area contributed by atoms with Crippen molar-refractivity contribution in [1.82, 2.24) is 5.32 Å². The average molecular weight is 235 g/mol. The van der Waals surface area contributed by atoms with E-state index in [9.17, 15) is 4.79 Å². The van der Waals surface area contributed by atoms with Crippen LogP contribution in [0.2, 0.25) is 0 Å². The molecular formula is C14H23N2O+. The van der Waals surface area contributed by atoms with Gasteiger partial charge >= 0.3 is 0 Å². The number of hydrogen-bond acceptors (Lipinski definition) is 1. The molecule has 3 nitrogen and oxygen atoms in total. The van der Waals surface area contributed by atoms with Crippen LogP contribution in [0.25, 0.3) is 0 Å². The summed E-state index contributed by atoms with van der Waals surface area (Å²) in [6.45, 7) is 5.95. The summed E-state index contributed by atoms with van der Waals surface area (Å²) in [5.41, 5.74) is 1.86. The molecule has 0 aliphatic carbocycles. The largest absolute Gasteiger partial charge is 0.352 e. The van der Waals surface area contributed by atoms with Crippen LogP contribution in [0.5, 0.6) is 0 Å². The second kappa shape index (κ2) is 6.40. The standard InChI is InChI=1S/C14H22N2O/c1-11-6-5-7-13(8-11)14(17)15-9-12(2)10-16(3)4/h5-8,12H,9-10H2,1-4H3,(H,15,17)/p+1/t12-/m1/s1. The van der Waals surface area contributed by atoms with Crippen LogP contribution >= 0.6 is 0 Å². The Morgan fingerprint density at radius 2 is 2.12 bits per heavy atom. The molecule has 17 heavy (non-hydrogen) atoms. The summed E-state index contributed by atoms with van der Waals surface area (Å²) in [6, 6.07) is 7.67. The third-order valence-corrected chi connectivity index (χ3v) is 2.65. The molecule has 0 aliphatic rings. The Bertz CT molecular complexity index is 374. The molecule has 1 atom stereocenters. The minimum Gasteiger partial charge on any atom is -0.352 e. The summed E-state index contributed by atoms with van der Waals surface area (Å²) < 4.78 is 0. The van der Waals surface area contributed by atoms with E-state index in [4.69, 9.17) is 0 Å². The molecule has 2 N–H and O–H groups in total. The molecule has 1 rings (SSSR count). The molecule has 0 aromatic heterocycles. The lowest BCUT2D eigenvalue weighted by Crippen LogP contribution is -3.06. The molecule has 0 saturated heterocycles. The first kappa shape index (κ1) is 13.7. The predicted octanol–water partition coefficient (Wildman–Crippen LogP) is 0.505. The summed E-state index contributed by atoms with van der Waals surface area (Å²) in [5, 5.41) is 2.98. The molecule has 0 radical (unpaired) electrons. The molecule has 1 aromatic rings. The van der Waals surface area contributed by atoms with Gasteiger partial charge in [0.15, 0.2) is 0 Å². The van der Waals surface area contributed by atoms with Crippen LogP contribution in [0, 0.1) is 12.8 Å². The SMILES string of the molecule is Cc1cccc(C(=O)NC[C@@H](C)C[NH+](C)C)c1. The Balaban J connectivity index is 2.45. The van der Waals surface area contributed by atoms with Crippen LogP contribution in [0.4, 0.5) is 0 Å². The number of hydrogen-bond donors (Lipinski definition) is 2. The number of aryl methyl sites for hydroxylation is 1. The van der Waals surface area contributed by atoms with E-state index in [1.165, 1.54) is 4.90 Å². The minimum absolute atomic E-state index is 0.0225. The van der Waals surface area contributed by atoms with Gasteiger partial charge in [0.2, 0.25) is 0 Å². The van der Waals surface area contributed by atoms with Gasteiger partial charge in [-0.1, -0.05) is 24.6 Å². The molecule has 1 aromatic carbocycles. The van der Waals surface area contributed by atoms with Gasteiger partial charge in [-0.25, -0.2) is 0 Å². The fourth-order valence-corrected chi connectivity index (χ4v) is 1.92. The lowest BCUT2D eigenvalue weighted by molar-refractivity contribution is -0.861. The van der Waals surface area contributed by atoms with E-state index in [-0.39, 0.29) is 5.91 Å². The van der Waals surface area contributed by atoms with Crippen molar-refractivity contribution in [3.8, 4) is 0 Å². The zero-order valence-corrected chi connectivity index (χ0v) is 11.2. The highest BCUT2D eigenvalue weighted by Crippen LogP contribution is 2.03. The van der Waals surface area contributed by atoms with E-state index >= 15 is 0 Å². The number of quaternary nitrogens is 1. The summed E-state index contributed by atoms with van der Waals surface area (Å²) >= 11 is 0. The van der Waals surface area contributed by atoms with Crippen molar-refractivity contribution in [2.24, 2.45) is 5.92 Å². The second-order valence-electron chi connectivity index (χ2n) is 5.10. The van der Waals surface area contributed by atoms with E-state index < -0.39 is 0 Å². The molecule has 0 fully saturated rings. The Kier molecular flexibility index (Phi) is 5.16. The number of nitrogens with one attached hydrogen (secondary N) is 2. The maximum absolute atomic E-state index is 11.9. The first-order chi connectivity index (χ1) is 7.99. The molecule has 3 heteroatoms. The maximum atomic E-state index is 11.9. The zero-order chi connectivity index (χ0) is 12.8. The van der Waals surface area contributed by atoms with Crippen molar-refractivity contribution >= 4 is 5.91 Å². The van der Waals surface area contributed by atoms with E-state index in [2.05, 4.69) is 26.3 Å². The number of amides is 1. The molecule has 0 bridgehead atoms. The van der Waals surface area contributed by atoms with Gasteiger partial charge in [0.1, 0.15) is 0 Å². The summed E-state index contributed by atoms with van der Waals surface area (Å²) in [5.74, 6) is 0.517. The quantitative estimate of drug-likeness (QED) is 0.766. The lowest BCUT2D eigenvalue weighted by atomic mass is 10.1. The van der Waals surface area contributed by atoms with Gasteiger partial charge < -0.3 is 10.2 Å². The maximum Gasteiger partial charge on any atom is 0.251 e. The van der Waals surface area contributed by atoms with Crippen molar-refractivity contribution in [2.45, 2.75) is 13.8 Å². The van der Waals surface area contributed by atoms with E-state index in [0.717, 1.165) is 24.2 Å². The summed E-state index contributed by atoms with van der Waals surface area (Å²) in [7, 11) is 4.25. The number of carbonyl (C=O) groups is 1. The Hall–Kier alpha value is -1.35. The van der Waals surface area contributed by atoms with Crippen LogP contribution in [0.1, 0.15) is 22.8 Å². The molecule has 1 amide bonds. The number of rotatable bonds is 5. The van der Waals surface area contributed by atoms with E-state index in [1.54, 1.807) is 0 Å². The molecule has 0 saturated carbocycles. The minimum atomic E-state index is 0.0225. The molecule has 0 heterocycles. The van der Waals surface area contributed by atoms with Gasteiger partial charge in [-0.05, 0) is 19.1 Å². The van der Waals surface area contributed by atoms with Crippen molar-refractivity contribution < 1.29 is 9.69 Å². The normalized spacial score (nSPS) is 12.5. The number of benzene rings is 1. The molecule has 0 unspecified atom stereocenters. The predicted molar refractivity (Wildman–Crippen MR) is 70.4 cm³/mol. The van der Waals surface area contributed by atoms with Crippen LogP contribution in [-0.4, -0.2) is 33.1 Å². The smallest absolute Gasteiger partial charge is 0.251 e. The monoisotopic (exact) mass is 235 g/mol. The van der Waals surface area contributed by atoms with Crippen molar-refractivity contribution in [3.63, 3.8) is 0 Å². The molecule has 0 aliphatic heterocycles. The topological polar surface area (TPSA) is 33.5 Å². The average Bonchev–Trinajstić information content (AvgIpc) is 2.25. The van der Waals surface area contributed by atoms with Crippen molar-refractivity contribution in [1.29, 1.82) is 0 Å².